The first-order valence-corrected chi connectivity index (χ1v) is 9.14. The number of amides is 1. The van der Waals surface area contributed by atoms with E-state index in [0.717, 1.165) is 17.2 Å². The summed E-state index contributed by atoms with van der Waals surface area (Å²) in [6.07, 6.45) is 2.88. The molecule has 1 saturated carbocycles. The fourth-order valence-electron chi connectivity index (χ4n) is 2.89. The third kappa shape index (κ3) is 4.57. The van der Waals surface area contributed by atoms with Gasteiger partial charge in [-0.05, 0) is 42.3 Å². The van der Waals surface area contributed by atoms with Gasteiger partial charge < -0.3 is 5.32 Å². The summed E-state index contributed by atoms with van der Waals surface area (Å²) in [6.45, 7) is 1.81. The molecule has 27 heavy (non-hydrogen) atoms. The lowest BCUT2D eigenvalue weighted by Crippen LogP contribution is -2.12. The molecule has 2 aromatic rings. The molecule has 1 N–H and O–H groups in total. The number of para-hydroxylation sites is 1. The number of hydrogen-bond donors (Lipinski definition) is 1. The Morgan fingerprint density at radius 2 is 1.89 bits per heavy atom. The Morgan fingerprint density at radius 1 is 1.15 bits per heavy atom. The number of aryl methyl sites for hydroxylation is 1. The number of halogens is 4. The Morgan fingerprint density at radius 3 is 2.59 bits per heavy atom. The molecule has 0 spiro atoms. The minimum atomic E-state index is -1.07. The van der Waals surface area contributed by atoms with Crippen LogP contribution in [0.5, 0.6) is 0 Å². The minimum absolute atomic E-state index is 0.340. The zero-order valence-corrected chi connectivity index (χ0v) is 15.9. The quantitative estimate of drug-likeness (QED) is 0.450. The molecule has 0 radical (unpaired) electrons. The number of carbonyl (C=O) groups is 1. The zero-order valence-electron chi connectivity index (χ0n) is 14.4. The maximum absolute atomic E-state index is 14.1. The number of anilines is 1. The molecule has 0 aliphatic heterocycles. The van der Waals surface area contributed by atoms with Crippen molar-refractivity contribution in [2.24, 2.45) is 5.92 Å². The lowest BCUT2D eigenvalue weighted by atomic mass is 10.1. The van der Waals surface area contributed by atoms with E-state index in [0.29, 0.717) is 15.7 Å². The zero-order chi connectivity index (χ0) is 19.6. The summed E-state index contributed by atoms with van der Waals surface area (Å²) in [4.78, 5) is 11.9. The molecule has 0 aromatic heterocycles. The average molecular weight is 408 g/mol. The fourth-order valence-corrected chi connectivity index (χ4v) is 3.19. The summed E-state index contributed by atoms with van der Waals surface area (Å²) in [5, 5.41) is 3.28. The van der Waals surface area contributed by atoms with Gasteiger partial charge in [-0.15, -0.1) is 0 Å². The van der Waals surface area contributed by atoms with Gasteiger partial charge in [0.1, 0.15) is 6.17 Å². The molecule has 0 bridgehead atoms. The third-order valence-electron chi connectivity index (χ3n) is 4.50. The normalized spacial score (nSPS) is 22.1. The highest BCUT2D eigenvalue weighted by Crippen LogP contribution is 2.51. The summed E-state index contributed by atoms with van der Waals surface area (Å²) in [7, 11) is 0. The lowest BCUT2D eigenvalue weighted by Gasteiger charge is -2.06. The molecule has 0 saturated heterocycles. The van der Waals surface area contributed by atoms with Gasteiger partial charge in [0.25, 0.3) is 5.91 Å². The molecule has 6 heteroatoms. The van der Waals surface area contributed by atoms with Gasteiger partial charge in [-0.3, -0.25) is 4.79 Å². The van der Waals surface area contributed by atoms with Crippen LogP contribution < -0.4 is 5.32 Å². The molecular formula is C21H17Cl2F2NO. The first kappa shape index (κ1) is 19.6. The number of alkyl halides is 1. The summed E-state index contributed by atoms with van der Waals surface area (Å²) in [6, 6.07) is 12.1. The number of rotatable bonds is 5. The van der Waals surface area contributed by atoms with Crippen LogP contribution >= 0.6 is 23.2 Å². The number of benzene rings is 2. The van der Waals surface area contributed by atoms with Crippen LogP contribution in [-0.2, 0) is 4.79 Å². The van der Waals surface area contributed by atoms with E-state index < -0.39 is 17.9 Å². The van der Waals surface area contributed by atoms with Crippen molar-refractivity contribution in [3.05, 3.63) is 87.7 Å². The minimum Gasteiger partial charge on any atom is -0.320 e. The Kier molecular flexibility index (Phi) is 5.98. The summed E-state index contributed by atoms with van der Waals surface area (Å²) in [5.74, 6) is -2.52. The molecule has 1 aliphatic carbocycles. The van der Waals surface area contributed by atoms with Gasteiger partial charge >= 0.3 is 0 Å². The van der Waals surface area contributed by atoms with Crippen molar-refractivity contribution < 1.29 is 13.6 Å². The second kappa shape index (κ2) is 8.24. The third-order valence-corrected chi connectivity index (χ3v) is 5.24. The molecule has 2 aromatic carbocycles. The number of allylic oxidation sites excluding steroid dienone is 3. The number of nitrogens with one attached hydrogen (secondary N) is 1. The van der Waals surface area contributed by atoms with E-state index >= 15 is 0 Å². The molecule has 3 rings (SSSR count). The van der Waals surface area contributed by atoms with E-state index in [1.807, 2.05) is 19.1 Å². The van der Waals surface area contributed by atoms with Gasteiger partial charge in [-0.1, -0.05) is 59.6 Å². The Labute approximate surface area is 166 Å². The van der Waals surface area contributed by atoms with Crippen LogP contribution in [-0.4, -0.2) is 12.1 Å². The van der Waals surface area contributed by atoms with Crippen molar-refractivity contribution in [2.75, 3.05) is 5.32 Å². The maximum atomic E-state index is 14.1. The molecule has 3 atom stereocenters. The van der Waals surface area contributed by atoms with Crippen molar-refractivity contribution in [3.63, 3.8) is 0 Å². The van der Waals surface area contributed by atoms with Crippen molar-refractivity contribution >= 4 is 34.8 Å². The van der Waals surface area contributed by atoms with Crippen LogP contribution in [0.2, 0.25) is 10.0 Å². The van der Waals surface area contributed by atoms with E-state index in [4.69, 9.17) is 23.2 Å². The Hall–Kier alpha value is -2.17. The van der Waals surface area contributed by atoms with E-state index in [2.05, 4.69) is 5.32 Å². The maximum Gasteiger partial charge on any atom is 0.284 e. The lowest BCUT2D eigenvalue weighted by molar-refractivity contribution is -0.114. The summed E-state index contributed by atoms with van der Waals surface area (Å²) in [5.41, 5.74) is 2.12. The van der Waals surface area contributed by atoms with Crippen LogP contribution in [0.4, 0.5) is 14.5 Å². The highest BCUT2D eigenvalue weighted by Gasteiger charge is 2.50. The monoisotopic (exact) mass is 407 g/mol. The van der Waals surface area contributed by atoms with Gasteiger partial charge in [0.05, 0.1) is 10.0 Å². The smallest absolute Gasteiger partial charge is 0.284 e. The molecule has 1 fully saturated rings. The largest absolute Gasteiger partial charge is 0.320 e. The van der Waals surface area contributed by atoms with Crippen molar-refractivity contribution in [2.45, 2.75) is 19.0 Å². The number of carbonyl (C=O) groups excluding carboxylic acids is 1. The van der Waals surface area contributed by atoms with Crippen molar-refractivity contribution in [3.8, 4) is 0 Å². The van der Waals surface area contributed by atoms with Crippen molar-refractivity contribution in [1.29, 1.82) is 0 Å². The van der Waals surface area contributed by atoms with Gasteiger partial charge in [0, 0.05) is 17.5 Å². The first-order chi connectivity index (χ1) is 12.9. The van der Waals surface area contributed by atoms with Crippen molar-refractivity contribution in [1.82, 2.24) is 0 Å². The van der Waals surface area contributed by atoms with E-state index in [1.165, 1.54) is 6.08 Å². The molecule has 3 unspecified atom stereocenters. The first-order valence-electron chi connectivity index (χ1n) is 8.38. The molecule has 140 valence electrons. The van der Waals surface area contributed by atoms with Gasteiger partial charge in [-0.2, -0.15) is 0 Å². The topological polar surface area (TPSA) is 29.1 Å². The second-order valence-corrected chi connectivity index (χ2v) is 7.20. The number of hydrogen-bond acceptors (Lipinski definition) is 1. The van der Waals surface area contributed by atoms with Gasteiger partial charge in [0.15, 0.2) is 5.83 Å². The fraction of sp³-hybridized carbons (Fsp3) is 0.190. The SMILES string of the molecule is Cc1ccccc1NC(=O)/C(F)=C\C=C\C1C(F)C1c1ccc(Cl)c(Cl)c1. The molecule has 1 amide bonds. The van der Waals surface area contributed by atoms with Gasteiger partial charge in [0.2, 0.25) is 0 Å². The van der Waals surface area contributed by atoms with Crippen LogP contribution in [0.15, 0.2) is 66.5 Å². The standard InChI is InChI=1S/C21H17Cl2F2NO/c1-12-5-2-3-8-18(12)26-21(27)17(24)7-4-6-14-19(20(14)25)13-9-10-15(22)16(23)11-13/h2-11,14,19-20H,1H3,(H,26,27)/b6-4+,17-7+. The Bertz CT molecular complexity index is 926. The second-order valence-electron chi connectivity index (χ2n) is 6.39. The van der Waals surface area contributed by atoms with Crippen LogP contribution in [0.3, 0.4) is 0 Å². The van der Waals surface area contributed by atoms with E-state index in [-0.39, 0.29) is 11.8 Å². The molecular weight excluding hydrogens is 391 g/mol. The predicted molar refractivity (Wildman–Crippen MR) is 106 cm³/mol. The average Bonchev–Trinajstić information content (AvgIpc) is 3.28. The van der Waals surface area contributed by atoms with Crippen LogP contribution in [0.1, 0.15) is 17.0 Å². The predicted octanol–water partition coefficient (Wildman–Crippen LogP) is 6.40. The van der Waals surface area contributed by atoms with Crippen LogP contribution in [0, 0.1) is 12.8 Å². The Balaban J connectivity index is 1.61. The molecule has 0 heterocycles. The van der Waals surface area contributed by atoms with Gasteiger partial charge in [-0.25, -0.2) is 8.78 Å². The van der Waals surface area contributed by atoms with E-state index in [1.54, 1.807) is 36.4 Å². The highest BCUT2D eigenvalue weighted by molar-refractivity contribution is 6.42. The van der Waals surface area contributed by atoms with E-state index in [9.17, 15) is 13.6 Å². The summed E-state index contributed by atoms with van der Waals surface area (Å²) >= 11 is 11.8. The van der Waals surface area contributed by atoms with Crippen LogP contribution in [0.25, 0.3) is 0 Å². The molecule has 2 nitrogen and oxygen atoms in total. The summed E-state index contributed by atoms with van der Waals surface area (Å²) < 4.78 is 28.0. The molecule has 1 aliphatic rings. The highest BCUT2D eigenvalue weighted by atomic mass is 35.5.